The molecule has 141 heavy (non-hydrogen) atoms. The van der Waals surface area contributed by atoms with Crippen LogP contribution in [0, 0.1) is 145 Å². The van der Waals surface area contributed by atoms with Gasteiger partial charge in [-0.3, -0.25) is 0 Å². The third-order valence-corrected chi connectivity index (χ3v) is 31.3. The Kier molecular flexibility index (Phi) is 26.9. The van der Waals surface area contributed by atoms with Crippen LogP contribution in [-0.2, 0) is 63.4 Å². The topological polar surface area (TPSA) is 79.9 Å². The second-order valence-corrected chi connectivity index (χ2v) is 40.1. The Balaban J connectivity index is 0.000000201. The lowest BCUT2D eigenvalue weighted by molar-refractivity contribution is -0.634. The molecule has 15 aromatic carbocycles. The van der Waals surface area contributed by atoms with E-state index in [9.17, 15) is 0 Å². The van der Waals surface area contributed by atoms with Gasteiger partial charge in [-0.2, -0.15) is 0 Å². The zero-order valence-corrected chi connectivity index (χ0v) is 93.8. The first-order valence-electron chi connectivity index (χ1n) is 48.6. The molecule has 6 aromatic heterocycles. The quantitative estimate of drug-likeness (QED) is 0.0852. The maximum absolute atomic E-state index is 5.26. The van der Waals surface area contributed by atoms with Crippen LogP contribution < -0.4 is 85.6 Å². The minimum absolute atomic E-state index is 0. The molecule has 21 aromatic rings. The van der Waals surface area contributed by atoms with Crippen LogP contribution in [0.1, 0.15) is 117 Å². The maximum atomic E-state index is 5.26. The number of benzene rings is 15. The number of halogens is 3. The number of hydrogen-bond acceptors (Lipinski definition) is 3. The molecule has 12 nitrogen and oxygen atoms in total. The molecule has 0 N–H and O–H groups in total. The van der Waals surface area contributed by atoms with Crippen LogP contribution in [0.2, 0.25) is 0 Å². The van der Waals surface area contributed by atoms with Crippen LogP contribution >= 0.6 is 0 Å². The number of aryl methyl sites for hydroxylation is 23. The molecule has 0 aliphatic heterocycles. The van der Waals surface area contributed by atoms with E-state index in [1.54, 1.807) is 0 Å². The monoisotopic (exact) mass is 2190 g/mol. The number of fused-ring (bicyclic) bond motifs is 6. The highest BCUT2D eigenvalue weighted by Crippen LogP contribution is 2.48. The zero-order chi connectivity index (χ0) is 97.5. The summed E-state index contributed by atoms with van der Waals surface area (Å²) in [5.41, 5.74) is 65.7. The number of aromatic nitrogens is 12. The summed E-state index contributed by atoms with van der Waals surface area (Å²) in [5, 5.41) is 0. The standard InChI is InChI=1S/C75H76N6.C51H51N6.3HI/c1-41-35-42(2)66(50(10)49(41)9)54-23-25-56(26-24-54)68-44(4)37-47(7)71(52(68)12)74-78(15)62-33-31-58(39-64(62)80(74)17)59-32-34-63-65(40-59)81(18)75(79(63)16)72-48(8)38-45(5)69(53(72)13)57-29-27-55(28-30-57)67-43(3)36-46(6)70(51(67)11)73-76-60-21-19-20-22-61(60)77(73)14;1-28-13-21-43-45(23-28)57(12)51(56(43)11)49-32(5)25-30(3)47(34(49)7)37-16-14-36(15-17-37)46-29(2)24-31(4)48(33(46)6)50-53-40-20-18-39(27-44(40)55(50)10)38-19-22-42-41(26-38)52-35(8)54(42)9;;;/h19-40H,1-18H3;13-27H,1-12H3;3*1H/q+2;+1;;;/p-3. The van der Waals surface area contributed by atoms with Gasteiger partial charge < -0.3 is 85.6 Å². The lowest BCUT2D eigenvalue weighted by atomic mass is 9.86. The highest BCUT2D eigenvalue weighted by atomic mass is 127. The summed E-state index contributed by atoms with van der Waals surface area (Å²) in [6, 6.07) is 84.2. The van der Waals surface area contributed by atoms with E-state index in [1.165, 1.54) is 268 Å². The van der Waals surface area contributed by atoms with Crippen molar-refractivity contribution < 1.29 is 85.6 Å². The van der Waals surface area contributed by atoms with Gasteiger partial charge in [0, 0.05) is 32.3 Å². The third-order valence-electron chi connectivity index (χ3n) is 31.3. The lowest BCUT2D eigenvalue weighted by Crippen LogP contribution is -3.00. The largest absolute Gasteiger partial charge is 1.00 e. The first-order valence-corrected chi connectivity index (χ1v) is 48.6. The summed E-state index contributed by atoms with van der Waals surface area (Å²) in [6.07, 6.45) is 0. The van der Waals surface area contributed by atoms with E-state index < -0.39 is 0 Å². The molecule has 0 saturated carbocycles. The molecule has 0 aliphatic carbocycles. The maximum Gasteiger partial charge on any atom is 0.289 e. The van der Waals surface area contributed by atoms with E-state index >= 15 is 0 Å². The molecule has 21 rings (SSSR count). The Hall–Kier alpha value is -12.7. The van der Waals surface area contributed by atoms with Crippen molar-refractivity contribution >= 4 is 66.2 Å². The first-order chi connectivity index (χ1) is 65.9. The van der Waals surface area contributed by atoms with Crippen molar-refractivity contribution in [1.82, 2.24) is 42.4 Å². The molecule has 0 spiro atoms. The van der Waals surface area contributed by atoms with Crippen LogP contribution in [0.3, 0.4) is 0 Å². The van der Waals surface area contributed by atoms with Gasteiger partial charge in [-0.15, -0.1) is 0 Å². The van der Waals surface area contributed by atoms with Crippen molar-refractivity contribution in [2.24, 2.45) is 63.4 Å². The molecule has 0 fully saturated rings. The van der Waals surface area contributed by atoms with Crippen molar-refractivity contribution in [2.75, 3.05) is 0 Å². The number of para-hydroxylation sites is 2. The van der Waals surface area contributed by atoms with Gasteiger partial charge in [0.1, 0.15) is 17.5 Å². The molecular weight excluding hydrogens is 2060 g/mol. The van der Waals surface area contributed by atoms with E-state index in [-0.39, 0.29) is 71.9 Å². The van der Waals surface area contributed by atoms with Gasteiger partial charge in [-0.1, -0.05) is 140 Å². The van der Waals surface area contributed by atoms with Gasteiger partial charge in [0.2, 0.25) is 0 Å². The second-order valence-electron chi connectivity index (χ2n) is 40.1. The highest BCUT2D eigenvalue weighted by Gasteiger charge is 2.34. The van der Waals surface area contributed by atoms with Gasteiger partial charge in [0.25, 0.3) is 17.5 Å². The van der Waals surface area contributed by atoms with E-state index in [0.717, 1.165) is 61.7 Å². The van der Waals surface area contributed by atoms with E-state index in [2.05, 4.69) is 474 Å². The van der Waals surface area contributed by atoms with Crippen LogP contribution in [-0.4, -0.2) is 42.4 Å². The molecule has 15 heteroatoms. The Bertz CT molecular complexity index is 8770. The molecule has 0 saturated heterocycles. The number of nitrogens with zero attached hydrogens (tertiary/aromatic N) is 12. The van der Waals surface area contributed by atoms with Crippen molar-refractivity contribution in [3.63, 3.8) is 0 Å². The summed E-state index contributed by atoms with van der Waals surface area (Å²) in [5.74, 6) is 6.62. The second kappa shape index (κ2) is 38.0. The molecule has 0 radical (unpaired) electrons. The van der Waals surface area contributed by atoms with Gasteiger partial charge in [-0.05, 0) is 431 Å². The molecule has 0 unspecified atom stereocenters. The molecule has 0 bridgehead atoms. The Morgan fingerprint density at radius 1 is 0.191 bits per heavy atom. The van der Waals surface area contributed by atoms with Gasteiger partial charge >= 0.3 is 0 Å². The lowest BCUT2D eigenvalue weighted by Gasteiger charge is -2.19. The van der Waals surface area contributed by atoms with E-state index in [4.69, 9.17) is 15.0 Å². The summed E-state index contributed by atoms with van der Waals surface area (Å²) in [4.78, 5) is 15.2. The summed E-state index contributed by atoms with van der Waals surface area (Å²) < 4.78 is 20.9. The van der Waals surface area contributed by atoms with Crippen LogP contribution in [0.5, 0.6) is 0 Å². The fourth-order valence-electron chi connectivity index (χ4n) is 24.5. The predicted molar refractivity (Wildman–Crippen MR) is 579 cm³/mol. The number of hydrogen-bond donors (Lipinski definition) is 0. The van der Waals surface area contributed by atoms with E-state index in [0.29, 0.717) is 0 Å². The SMILES string of the molecule is Cc1cc(C)c(-c2ccc(-c3c(C)cc(C)c(-c4n(C)c5cc(-c6ccc7c(c6)[n+](C)c(-c6c(C)cc(C)c(-c8ccc(-c9c(C)cc(C)c(-c%10nc%11ccccc%11n%10C)c9C)cc8)c6C)n7C)ccc5[n+]4C)c3C)cc2)c(C)c1C.Cc1ccc2c(c1)[n+](C)c(-c1c(C)cc(C)c(-c3ccc(-c4c(C)cc(C)c(-c5nc6ccc(-c7ccc8c(c7)nc(C)n8C)cc6n5C)c4C)cc3)c1C)n2C.[I-].[I-].[I-]. The molecule has 0 atom stereocenters. The fourth-order valence-corrected chi connectivity index (χ4v) is 24.5. The van der Waals surface area contributed by atoms with Gasteiger partial charge in [0.05, 0.1) is 92.1 Å². The molecular formula is C126H127I3N12. The Morgan fingerprint density at radius 3 is 0.908 bits per heavy atom. The van der Waals surface area contributed by atoms with Gasteiger partial charge in [0.15, 0.2) is 33.1 Å². The van der Waals surface area contributed by atoms with Crippen molar-refractivity contribution in [3.05, 3.63) is 342 Å². The first kappa shape index (κ1) is 99.9. The molecule has 6 heterocycles. The van der Waals surface area contributed by atoms with Crippen LogP contribution in [0.25, 0.3) is 212 Å². The third kappa shape index (κ3) is 16.4. The summed E-state index contributed by atoms with van der Waals surface area (Å²) >= 11 is 0. The van der Waals surface area contributed by atoms with E-state index in [1.807, 2.05) is 0 Å². The summed E-state index contributed by atoms with van der Waals surface area (Å²) in [7, 11) is 19.6. The smallest absolute Gasteiger partial charge is 0.289 e. The predicted octanol–water partition coefficient (Wildman–Crippen LogP) is 20.1. The van der Waals surface area contributed by atoms with Crippen molar-refractivity contribution in [3.8, 4) is 146 Å². The average Bonchev–Trinajstić information content (AvgIpc) is 1.57. The fraction of sp³-hybridized carbons (Fsp3) is 0.238. The number of imidazole rings is 6. The Labute approximate surface area is 882 Å². The molecule has 712 valence electrons. The normalized spacial score (nSPS) is 11.6. The molecule has 0 aliphatic rings. The van der Waals surface area contributed by atoms with Crippen molar-refractivity contribution in [2.45, 2.75) is 145 Å². The van der Waals surface area contributed by atoms with Crippen LogP contribution in [0.15, 0.2) is 224 Å². The summed E-state index contributed by atoms with van der Waals surface area (Å²) in [6.45, 7) is 47.1. The van der Waals surface area contributed by atoms with Crippen molar-refractivity contribution in [1.29, 1.82) is 0 Å². The minimum Gasteiger partial charge on any atom is -1.00 e. The zero-order valence-electron chi connectivity index (χ0n) is 87.4. The Morgan fingerprint density at radius 2 is 0.482 bits per heavy atom. The van der Waals surface area contributed by atoms with Gasteiger partial charge in [-0.25, -0.2) is 42.4 Å². The van der Waals surface area contributed by atoms with Crippen LogP contribution in [0.4, 0.5) is 0 Å². The average molecular weight is 2190 g/mol. The number of rotatable bonds is 13. The molecule has 0 amide bonds. The highest BCUT2D eigenvalue weighted by molar-refractivity contribution is 5.96. The minimum atomic E-state index is 0.